The first-order valence-corrected chi connectivity index (χ1v) is 5.09. The van der Waals surface area contributed by atoms with Crippen molar-refractivity contribution in [3.8, 4) is 0 Å². The first-order chi connectivity index (χ1) is 5.98. The van der Waals surface area contributed by atoms with Gasteiger partial charge in [-0.3, -0.25) is 0 Å². The lowest BCUT2D eigenvalue weighted by atomic mass is 10.3. The maximum absolute atomic E-state index is 10.8. The van der Waals surface area contributed by atoms with Gasteiger partial charge in [0.25, 0.3) is 0 Å². The molecule has 0 aromatic rings. The highest BCUT2D eigenvalue weighted by Gasteiger charge is 2.08. The van der Waals surface area contributed by atoms with Gasteiger partial charge in [0.2, 0.25) is 0 Å². The predicted molar refractivity (Wildman–Crippen MR) is 50.5 cm³/mol. The lowest BCUT2D eigenvalue weighted by molar-refractivity contribution is 0.247. The molecular formula is C8H14O4S. The van der Waals surface area contributed by atoms with E-state index < -0.39 is 10.4 Å². The molecule has 0 atom stereocenters. The van der Waals surface area contributed by atoms with Crippen molar-refractivity contribution in [1.82, 2.24) is 0 Å². The van der Waals surface area contributed by atoms with Crippen molar-refractivity contribution in [2.24, 2.45) is 0 Å². The third-order valence-corrected chi connectivity index (χ3v) is 1.88. The van der Waals surface area contributed by atoms with Crippen LogP contribution in [0.2, 0.25) is 0 Å². The molecule has 0 heterocycles. The molecule has 0 fully saturated rings. The molecule has 0 aromatic heterocycles. The summed E-state index contributed by atoms with van der Waals surface area (Å²) >= 11 is 0. The Balaban J connectivity index is 3.90. The summed E-state index contributed by atoms with van der Waals surface area (Å²) < 4.78 is 30.5. The Morgan fingerprint density at radius 2 is 1.85 bits per heavy atom. The molecule has 0 bridgehead atoms. The first kappa shape index (κ1) is 12.3. The molecule has 5 heteroatoms. The molecule has 0 aliphatic rings. The second-order valence-corrected chi connectivity index (χ2v) is 3.84. The van der Waals surface area contributed by atoms with Gasteiger partial charge in [0.1, 0.15) is 0 Å². The average Bonchev–Trinajstić information content (AvgIpc) is 2.00. The van der Waals surface area contributed by atoms with Gasteiger partial charge in [-0.15, -0.1) is 6.58 Å². The van der Waals surface area contributed by atoms with E-state index in [-0.39, 0.29) is 13.2 Å². The van der Waals surface area contributed by atoms with Crippen LogP contribution in [0.3, 0.4) is 0 Å². The molecule has 0 aliphatic carbocycles. The Labute approximate surface area is 79.2 Å². The number of rotatable bonds is 6. The molecule has 0 aromatic carbocycles. The average molecular weight is 206 g/mol. The maximum atomic E-state index is 10.8. The summed E-state index contributed by atoms with van der Waals surface area (Å²) in [6.07, 6.45) is 2.98. The second kappa shape index (κ2) is 5.90. The fourth-order valence-electron chi connectivity index (χ4n) is 0.449. The van der Waals surface area contributed by atoms with Gasteiger partial charge in [-0.2, -0.15) is 8.42 Å². The van der Waals surface area contributed by atoms with Crippen molar-refractivity contribution in [1.29, 1.82) is 0 Å². The highest BCUT2D eigenvalue weighted by Crippen LogP contribution is 1.97. The minimum atomic E-state index is -3.86. The molecule has 0 N–H and O–H groups in total. The molecule has 4 nitrogen and oxygen atoms in total. The summed E-state index contributed by atoms with van der Waals surface area (Å²) in [5.74, 6) is 0. The SMILES string of the molecule is C=CCOS(=O)(=O)OCC=C(C)C. The number of hydrogen-bond acceptors (Lipinski definition) is 4. The quantitative estimate of drug-likeness (QED) is 0.617. The van der Waals surface area contributed by atoms with Crippen LogP contribution in [-0.2, 0) is 18.8 Å². The molecule has 0 saturated heterocycles. The van der Waals surface area contributed by atoms with Crippen LogP contribution >= 0.6 is 0 Å². The van der Waals surface area contributed by atoms with E-state index in [2.05, 4.69) is 14.9 Å². The largest absolute Gasteiger partial charge is 0.400 e. The Kier molecular flexibility index (Phi) is 5.61. The van der Waals surface area contributed by atoms with Gasteiger partial charge in [0.05, 0.1) is 13.2 Å². The zero-order chi connectivity index (χ0) is 10.3. The third kappa shape index (κ3) is 7.70. The minimum Gasteiger partial charge on any atom is -0.244 e. The van der Waals surface area contributed by atoms with Crippen LogP contribution in [0.4, 0.5) is 0 Å². The summed E-state index contributed by atoms with van der Waals surface area (Å²) in [7, 11) is -3.86. The fourth-order valence-corrected chi connectivity index (χ4v) is 1.02. The van der Waals surface area contributed by atoms with E-state index in [0.717, 1.165) is 5.57 Å². The Morgan fingerprint density at radius 3 is 2.31 bits per heavy atom. The first-order valence-electron chi connectivity index (χ1n) is 3.76. The molecule has 0 radical (unpaired) electrons. The molecule has 0 saturated carbocycles. The van der Waals surface area contributed by atoms with Gasteiger partial charge >= 0.3 is 10.4 Å². The molecular weight excluding hydrogens is 192 g/mol. The van der Waals surface area contributed by atoms with Crippen molar-refractivity contribution in [2.45, 2.75) is 13.8 Å². The molecule has 0 rings (SSSR count). The minimum absolute atomic E-state index is 0.00180. The van der Waals surface area contributed by atoms with E-state index in [0.29, 0.717) is 0 Å². The van der Waals surface area contributed by atoms with Crippen molar-refractivity contribution >= 4 is 10.4 Å². The predicted octanol–water partition coefficient (Wildman–Crippen LogP) is 1.42. The molecule has 0 amide bonds. The molecule has 0 unspecified atom stereocenters. The maximum Gasteiger partial charge on any atom is 0.400 e. The van der Waals surface area contributed by atoms with Crippen molar-refractivity contribution < 1.29 is 16.8 Å². The van der Waals surface area contributed by atoms with E-state index in [1.54, 1.807) is 6.08 Å². The Morgan fingerprint density at radius 1 is 1.31 bits per heavy atom. The van der Waals surface area contributed by atoms with E-state index in [9.17, 15) is 8.42 Å². The normalized spacial score (nSPS) is 10.9. The number of allylic oxidation sites excluding steroid dienone is 1. The van der Waals surface area contributed by atoms with E-state index in [1.165, 1.54) is 6.08 Å². The number of hydrogen-bond donors (Lipinski definition) is 0. The summed E-state index contributed by atoms with van der Waals surface area (Å²) in [6.45, 7) is 6.94. The van der Waals surface area contributed by atoms with E-state index in [4.69, 9.17) is 0 Å². The lowest BCUT2D eigenvalue weighted by Gasteiger charge is -2.01. The van der Waals surface area contributed by atoms with Gasteiger partial charge in [-0.05, 0) is 13.8 Å². The van der Waals surface area contributed by atoms with Crippen LogP contribution in [0.15, 0.2) is 24.3 Å². The zero-order valence-electron chi connectivity index (χ0n) is 7.82. The van der Waals surface area contributed by atoms with Crippen molar-refractivity contribution in [3.05, 3.63) is 24.3 Å². The third-order valence-electron chi connectivity index (χ3n) is 1.03. The van der Waals surface area contributed by atoms with Crippen LogP contribution in [0.25, 0.3) is 0 Å². The van der Waals surface area contributed by atoms with Gasteiger partial charge in [0, 0.05) is 0 Å². The summed E-state index contributed by atoms with van der Waals surface area (Å²) in [5, 5.41) is 0. The Hall–Kier alpha value is -0.650. The van der Waals surface area contributed by atoms with Gasteiger partial charge in [-0.25, -0.2) is 8.37 Å². The molecule has 76 valence electrons. The molecule has 0 spiro atoms. The van der Waals surface area contributed by atoms with Crippen LogP contribution < -0.4 is 0 Å². The summed E-state index contributed by atoms with van der Waals surface area (Å²) in [4.78, 5) is 0. The van der Waals surface area contributed by atoms with Crippen LogP contribution in [0.5, 0.6) is 0 Å². The van der Waals surface area contributed by atoms with Crippen LogP contribution in [0.1, 0.15) is 13.8 Å². The smallest absolute Gasteiger partial charge is 0.244 e. The molecule has 0 aliphatic heterocycles. The van der Waals surface area contributed by atoms with Gasteiger partial charge in [0.15, 0.2) is 0 Å². The lowest BCUT2D eigenvalue weighted by Crippen LogP contribution is -2.10. The fraction of sp³-hybridized carbons (Fsp3) is 0.500. The highest BCUT2D eigenvalue weighted by atomic mass is 32.3. The monoisotopic (exact) mass is 206 g/mol. The Bertz CT molecular complexity index is 273. The molecule has 13 heavy (non-hydrogen) atoms. The second-order valence-electron chi connectivity index (χ2n) is 2.55. The topological polar surface area (TPSA) is 52.6 Å². The van der Waals surface area contributed by atoms with Crippen molar-refractivity contribution in [2.75, 3.05) is 13.2 Å². The van der Waals surface area contributed by atoms with E-state index >= 15 is 0 Å². The van der Waals surface area contributed by atoms with Crippen LogP contribution in [-0.4, -0.2) is 21.6 Å². The van der Waals surface area contributed by atoms with Crippen LogP contribution in [0, 0.1) is 0 Å². The summed E-state index contributed by atoms with van der Waals surface area (Å²) in [6, 6.07) is 0. The van der Waals surface area contributed by atoms with Gasteiger partial charge < -0.3 is 0 Å². The van der Waals surface area contributed by atoms with Gasteiger partial charge in [-0.1, -0.05) is 17.7 Å². The van der Waals surface area contributed by atoms with Crippen molar-refractivity contribution in [3.63, 3.8) is 0 Å². The standard InChI is InChI=1S/C8H14O4S/c1-4-6-11-13(9,10)12-7-5-8(2)3/h4-5H,1,6-7H2,2-3H3. The highest BCUT2D eigenvalue weighted by molar-refractivity contribution is 7.81. The summed E-state index contributed by atoms with van der Waals surface area (Å²) in [5.41, 5.74) is 0.985. The zero-order valence-corrected chi connectivity index (χ0v) is 8.63. The van der Waals surface area contributed by atoms with E-state index in [1.807, 2.05) is 13.8 Å².